The molecule has 0 bridgehead atoms. The summed E-state index contributed by atoms with van der Waals surface area (Å²) in [5, 5.41) is 0. The van der Waals surface area contributed by atoms with Crippen LogP contribution in [0.15, 0.2) is 24.3 Å². The van der Waals surface area contributed by atoms with Crippen LogP contribution in [0, 0.1) is 0 Å². The van der Waals surface area contributed by atoms with Gasteiger partial charge in [0.1, 0.15) is 0 Å². The van der Waals surface area contributed by atoms with Crippen molar-refractivity contribution in [3.63, 3.8) is 0 Å². The van der Waals surface area contributed by atoms with Gasteiger partial charge in [-0.15, -0.1) is 0 Å². The van der Waals surface area contributed by atoms with E-state index in [2.05, 4.69) is 0 Å². The molecule has 0 unspecified atom stereocenters. The average Bonchev–Trinajstić information content (AvgIpc) is 2.88. The van der Waals surface area contributed by atoms with Crippen molar-refractivity contribution >= 4 is 23.9 Å². The fourth-order valence-corrected chi connectivity index (χ4v) is 5.07. The maximum absolute atomic E-state index is 13.5. The fourth-order valence-electron chi connectivity index (χ4n) is 5.07. The highest BCUT2D eigenvalue weighted by Gasteiger charge is 2.43. The third kappa shape index (κ3) is 5.84. The lowest BCUT2D eigenvalue weighted by Crippen LogP contribution is -2.34. The van der Waals surface area contributed by atoms with Crippen LogP contribution in [0.3, 0.4) is 0 Å². The van der Waals surface area contributed by atoms with Crippen LogP contribution in [0.25, 0.3) is 0 Å². The van der Waals surface area contributed by atoms with Crippen molar-refractivity contribution in [1.82, 2.24) is 0 Å². The molecule has 0 aliphatic carbocycles. The van der Waals surface area contributed by atoms with E-state index in [0.717, 1.165) is 0 Å². The molecule has 0 aliphatic rings. The van der Waals surface area contributed by atoms with E-state index in [1.165, 1.54) is 28.4 Å². The first-order valence-electron chi connectivity index (χ1n) is 12.6. The lowest BCUT2D eigenvalue weighted by Gasteiger charge is -2.36. The molecule has 0 spiro atoms. The van der Waals surface area contributed by atoms with Gasteiger partial charge in [0.2, 0.25) is 0 Å². The molecule has 0 saturated carbocycles. The maximum Gasteiger partial charge on any atom is 0.338 e. The topological polar surface area (TPSA) is 105 Å². The summed E-state index contributed by atoms with van der Waals surface area (Å²) in [6, 6.07) is 6.59. The third-order valence-corrected chi connectivity index (χ3v) is 6.87. The molecule has 0 N–H and O–H groups in total. The van der Waals surface area contributed by atoms with E-state index in [-0.39, 0.29) is 33.4 Å². The van der Waals surface area contributed by atoms with Gasteiger partial charge < -0.3 is 18.9 Å². The Morgan fingerprint density at radius 1 is 0.487 bits per heavy atom. The van der Waals surface area contributed by atoms with E-state index < -0.39 is 40.1 Å². The minimum absolute atomic E-state index is 0.101. The van der Waals surface area contributed by atoms with Crippen molar-refractivity contribution in [3.8, 4) is 0 Å². The van der Waals surface area contributed by atoms with Gasteiger partial charge in [-0.2, -0.15) is 0 Å². The first-order valence-corrected chi connectivity index (χ1v) is 12.6. The van der Waals surface area contributed by atoms with Crippen molar-refractivity contribution in [2.45, 2.75) is 71.6 Å². The van der Waals surface area contributed by atoms with Crippen LogP contribution in [0.1, 0.15) is 119 Å². The van der Waals surface area contributed by atoms with Crippen molar-refractivity contribution < 1.29 is 38.1 Å². The number of ether oxygens (including phenoxy) is 4. The molecule has 0 fully saturated rings. The molecular weight excluding hydrogens is 500 g/mol. The Hall–Kier alpha value is -3.68. The molecule has 2 aromatic carbocycles. The second kappa shape index (κ2) is 11.2. The van der Waals surface area contributed by atoms with Crippen molar-refractivity contribution in [1.29, 1.82) is 0 Å². The second-order valence-corrected chi connectivity index (χ2v) is 11.9. The summed E-state index contributed by atoms with van der Waals surface area (Å²) in [5.41, 5.74) is -0.108. The summed E-state index contributed by atoms with van der Waals surface area (Å²) in [6.07, 6.45) is 0. The highest BCUT2D eigenvalue weighted by atomic mass is 16.5. The number of hydrogen-bond acceptors (Lipinski definition) is 8. The van der Waals surface area contributed by atoms with Crippen LogP contribution in [0.5, 0.6) is 0 Å². The van der Waals surface area contributed by atoms with Gasteiger partial charge in [0.25, 0.3) is 0 Å². The summed E-state index contributed by atoms with van der Waals surface area (Å²) < 4.78 is 20.6. The molecule has 0 saturated heterocycles. The molecular formula is C31H40O8. The van der Waals surface area contributed by atoms with Gasteiger partial charge in [0.15, 0.2) is 0 Å². The first kappa shape index (κ1) is 31.5. The monoisotopic (exact) mass is 540 g/mol. The van der Waals surface area contributed by atoms with Gasteiger partial charge >= 0.3 is 23.9 Å². The predicted molar refractivity (Wildman–Crippen MR) is 148 cm³/mol. The predicted octanol–water partition coefficient (Wildman–Crippen LogP) is 5.75. The smallest absolute Gasteiger partial charge is 0.338 e. The van der Waals surface area contributed by atoms with Crippen LogP contribution < -0.4 is 0 Å². The lowest BCUT2D eigenvalue weighted by molar-refractivity contribution is 0.0581. The number of carbonyl (C=O) groups is 4. The van der Waals surface area contributed by atoms with E-state index in [4.69, 9.17) is 18.9 Å². The maximum atomic E-state index is 13.5. The summed E-state index contributed by atoms with van der Waals surface area (Å²) in [6.45, 7) is 15.1. The molecule has 0 aromatic heterocycles. The van der Waals surface area contributed by atoms with Crippen LogP contribution in [0.4, 0.5) is 0 Å². The standard InChI is InChI=1S/C31H40O8/c1-29(2,3)19-15-13-17(25(32)36-9)23(21(19)27(34)38-11)31(7,8)24-18(26(33)37-10)14-16-20(30(4,5)6)22(24)28(35)39-12/h13-16H,1-12H3. The van der Waals surface area contributed by atoms with Crippen LogP contribution in [-0.2, 0) is 35.2 Å². The number of rotatable bonds is 6. The summed E-state index contributed by atoms with van der Waals surface area (Å²) >= 11 is 0. The van der Waals surface area contributed by atoms with E-state index in [1.807, 2.05) is 41.5 Å². The largest absolute Gasteiger partial charge is 0.465 e. The zero-order chi connectivity index (χ0) is 30.1. The molecule has 0 aliphatic heterocycles. The Labute approximate surface area is 231 Å². The highest BCUT2D eigenvalue weighted by Crippen LogP contribution is 2.45. The molecule has 8 nitrogen and oxygen atoms in total. The van der Waals surface area contributed by atoms with Gasteiger partial charge in [0, 0.05) is 5.41 Å². The number of benzene rings is 2. The fraction of sp³-hybridized carbons (Fsp3) is 0.484. The summed E-state index contributed by atoms with van der Waals surface area (Å²) in [7, 11) is 5.01. The Kier molecular flexibility index (Phi) is 9.06. The Balaban J connectivity index is 3.37. The number of carbonyl (C=O) groups excluding carboxylic acids is 4. The molecule has 0 heterocycles. The Morgan fingerprint density at radius 2 is 0.769 bits per heavy atom. The van der Waals surface area contributed by atoms with Crippen molar-refractivity contribution in [2.24, 2.45) is 0 Å². The zero-order valence-corrected chi connectivity index (χ0v) is 25.1. The van der Waals surface area contributed by atoms with E-state index in [0.29, 0.717) is 11.1 Å². The molecule has 2 aromatic rings. The van der Waals surface area contributed by atoms with Gasteiger partial charge in [-0.1, -0.05) is 67.5 Å². The molecule has 8 heteroatoms. The minimum Gasteiger partial charge on any atom is -0.465 e. The summed E-state index contributed by atoms with van der Waals surface area (Å²) in [4.78, 5) is 53.2. The Bertz CT molecular complexity index is 1200. The molecule has 39 heavy (non-hydrogen) atoms. The second-order valence-electron chi connectivity index (χ2n) is 11.9. The SMILES string of the molecule is COC(=O)c1ccc(C(C)(C)C)c(C(=O)OC)c1C(C)(C)c1c(C(=O)OC)ccc(C(C)(C)C)c1C(=O)OC. The van der Waals surface area contributed by atoms with E-state index in [9.17, 15) is 19.2 Å². The quantitative estimate of drug-likeness (QED) is 0.337. The van der Waals surface area contributed by atoms with Crippen LogP contribution in [0.2, 0.25) is 0 Å². The lowest BCUT2D eigenvalue weighted by atomic mass is 9.66. The highest BCUT2D eigenvalue weighted by molar-refractivity contribution is 6.03. The van der Waals surface area contributed by atoms with E-state index in [1.54, 1.807) is 38.1 Å². The molecule has 212 valence electrons. The molecule has 0 atom stereocenters. The number of hydrogen-bond donors (Lipinski definition) is 0. The van der Waals surface area contributed by atoms with Gasteiger partial charge in [-0.3, -0.25) is 0 Å². The van der Waals surface area contributed by atoms with Gasteiger partial charge in [-0.05, 0) is 45.2 Å². The molecule has 0 radical (unpaired) electrons. The summed E-state index contributed by atoms with van der Waals surface area (Å²) in [5.74, 6) is -2.70. The van der Waals surface area contributed by atoms with Crippen LogP contribution >= 0.6 is 0 Å². The average molecular weight is 541 g/mol. The van der Waals surface area contributed by atoms with Gasteiger partial charge in [0.05, 0.1) is 50.7 Å². The van der Waals surface area contributed by atoms with Gasteiger partial charge in [-0.25, -0.2) is 19.2 Å². The Morgan fingerprint density at radius 3 is 1.00 bits per heavy atom. The third-order valence-electron chi connectivity index (χ3n) is 6.87. The van der Waals surface area contributed by atoms with Crippen molar-refractivity contribution in [3.05, 3.63) is 68.8 Å². The molecule has 0 amide bonds. The first-order chi connectivity index (χ1) is 17.9. The van der Waals surface area contributed by atoms with Crippen LogP contribution in [-0.4, -0.2) is 52.3 Å². The number of methoxy groups -OCH3 is 4. The number of esters is 4. The van der Waals surface area contributed by atoms with E-state index >= 15 is 0 Å². The van der Waals surface area contributed by atoms with Crippen molar-refractivity contribution in [2.75, 3.05) is 28.4 Å². The normalized spacial score (nSPS) is 12.0. The zero-order valence-electron chi connectivity index (χ0n) is 25.1. The minimum atomic E-state index is -1.32. The molecule has 2 rings (SSSR count).